The molecular weight excluding hydrogens is 532 g/mol. The van der Waals surface area contributed by atoms with Gasteiger partial charge in [-0.25, -0.2) is 4.39 Å². The molecule has 1 N–H and O–H groups in total. The van der Waals surface area contributed by atoms with E-state index in [1.807, 2.05) is 0 Å². The number of rotatable bonds is 5. The quantitative estimate of drug-likeness (QED) is 0.391. The Balaban J connectivity index is 0.00000380. The molecule has 0 spiro atoms. The zero-order valence-electron chi connectivity index (χ0n) is 20.1. The number of nitriles is 1. The van der Waals surface area contributed by atoms with E-state index in [9.17, 15) is 22.4 Å². The number of benzene rings is 2. The fourth-order valence-electron chi connectivity index (χ4n) is 4.46. The van der Waals surface area contributed by atoms with Crippen LogP contribution in [-0.4, -0.2) is 36.3 Å². The first-order valence-corrected chi connectivity index (χ1v) is 11.8. The molecule has 2 aliphatic rings. The van der Waals surface area contributed by atoms with Gasteiger partial charge in [0.05, 0.1) is 29.5 Å². The summed E-state index contributed by atoms with van der Waals surface area (Å²) in [4.78, 5) is 15.7. The number of thiocarbonyl (C=S) groups is 1. The molecule has 198 valence electrons. The lowest BCUT2D eigenvalue weighted by molar-refractivity contribution is -0.137. The van der Waals surface area contributed by atoms with Crippen LogP contribution in [0.1, 0.15) is 37.8 Å². The van der Waals surface area contributed by atoms with Crippen molar-refractivity contribution >= 4 is 47.0 Å². The van der Waals surface area contributed by atoms with E-state index in [2.05, 4.69) is 5.32 Å². The first-order chi connectivity index (χ1) is 16.9. The number of nitrogens with one attached hydrogen (secondary N) is 1. The molecule has 4 rings (SSSR count). The third-order valence-electron chi connectivity index (χ3n) is 6.46. The smallest absolute Gasteiger partial charge is 0.417 e. The maximum Gasteiger partial charge on any atom is 0.417 e. The van der Waals surface area contributed by atoms with Crippen molar-refractivity contribution < 1.29 is 27.1 Å². The van der Waals surface area contributed by atoms with Gasteiger partial charge in [-0.15, -0.1) is 12.4 Å². The molecule has 2 fully saturated rings. The van der Waals surface area contributed by atoms with Gasteiger partial charge < -0.3 is 15.0 Å². The number of ether oxygens (including phenoxy) is 1. The summed E-state index contributed by atoms with van der Waals surface area (Å²) in [6.45, 7) is 5.28. The Labute approximate surface area is 223 Å². The fraction of sp³-hybridized carbons (Fsp3) is 0.400. The summed E-state index contributed by atoms with van der Waals surface area (Å²) in [5.74, 6) is -0.818. The van der Waals surface area contributed by atoms with Crippen LogP contribution < -0.4 is 19.9 Å². The van der Waals surface area contributed by atoms with E-state index >= 15 is 0 Å². The summed E-state index contributed by atoms with van der Waals surface area (Å²) in [5.41, 5.74) is -2.92. The molecule has 12 heteroatoms. The van der Waals surface area contributed by atoms with Crippen LogP contribution in [0.5, 0.6) is 5.75 Å². The highest BCUT2D eigenvalue weighted by molar-refractivity contribution is 7.81. The fourth-order valence-corrected chi connectivity index (χ4v) is 4.98. The van der Waals surface area contributed by atoms with E-state index in [4.69, 9.17) is 22.2 Å². The maximum atomic E-state index is 15.0. The van der Waals surface area contributed by atoms with E-state index in [1.165, 1.54) is 29.2 Å². The van der Waals surface area contributed by atoms with Crippen LogP contribution in [0, 0.1) is 23.1 Å². The van der Waals surface area contributed by atoms with Gasteiger partial charge in [0, 0.05) is 11.8 Å². The monoisotopic (exact) mass is 556 g/mol. The number of carbonyl (C=O) groups is 1. The highest BCUT2D eigenvalue weighted by Gasteiger charge is 2.51. The molecule has 0 bridgehead atoms. The van der Waals surface area contributed by atoms with Crippen molar-refractivity contribution in [3.05, 3.63) is 53.3 Å². The normalized spacial score (nSPS) is 18.0. The Morgan fingerprint density at radius 1 is 1.16 bits per heavy atom. The van der Waals surface area contributed by atoms with E-state index in [0.717, 1.165) is 43.0 Å². The van der Waals surface area contributed by atoms with Crippen molar-refractivity contribution in [2.24, 2.45) is 5.92 Å². The molecule has 2 heterocycles. The number of hydrogen-bond acceptors (Lipinski definition) is 5. The van der Waals surface area contributed by atoms with Gasteiger partial charge in [0.15, 0.2) is 16.7 Å². The molecule has 0 aliphatic carbocycles. The van der Waals surface area contributed by atoms with Crippen LogP contribution in [0.3, 0.4) is 0 Å². The number of hydrogen-bond donors (Lipinski definition) is 1. The average molecular weight is 557 g/mol. The summed E-state index contributed by atoms with van der Waals surface area (Å²) in [6.07, 6.45) is -2.91. The molecule has 6 nitrogen and oxygen atoms in total. The Kier molecular flexibility index (Phi) is 8.37. The van der Waals surface area contributed by atoms with E-state index in [0.29, 0.717) is 12.5 Å². The molecular formula is C25H25ClF4N4O2S. The van der Waals surface area contributed by atoms with Crippen molar-refractivity contribution in [3.8, 4) is 11.8 Å². The van der Waals surface area contributed by atoms with Crippen molar-refractivity contribution in [1.82, 2.24) is 5.32 Å². The predicted molar refractivity (Wildman–Crippen MR) is 138 cm³/mol. The highest BCUT2D eigenvalue weighted by atomic mass is 35.5. The molecule has 0 radical (unpaired) electrons. The highest BCUT2D eigenvalue weighted by Crippen LogP contribution is 2.40. The molecule has 37 heavy (non-hydrogen) atoms. The minimum absolute atomic E-state index is 0. The van der Waals surface area contributed by atoms with Crippen molar-refractivity contribution in [2.75, 3.05) is 29.5 Å². The van der Waals surface area contributed by atoms with Gasteiger partial charge in [-0.2, -0.15) is 18.4 Å². The number of carbonyl (C=O) groups excluding carboxylic acids is 1. The number of nitrogens with zero attached hydrogens (tertiary/aromatic N) is 3. The zero-order chi connectivity index (χ0) is 26.3. The van der Waals surface area contributed by atoms with E-state index in [-0.39, 0.29) is 34.6 Å². The van der Waals surface area contributed by atoms with E-state index < -0.39 is 34.6 Å². The largest absolute Gasteiger partial charge is 0.490 e. The van der Waals surface area contributed by atoms with Gasteiger partial charge >= 0.3 is 6.18 Å². The van der Waals surface area contributed by atoms with Gasteiger partial charge in [0.25, 0.3) is 5.91 Å². The Hall–Kier alpha value is -2.94. The Morgan fingerprint density at radius 2 is 1.81 bits per heavy atom. The van der Waals surface area contributed by atoms with Crippen LogP contribution in [0.15, 0.2) is 36.4 Å². The summed E-state index contributed by atoms with van der Waals surface area (Å²) in [6, 6.07) is 8.68. The summed E-state index contributed by atoms with van der Waals surface area (Å²) >= 11 is 5.49. The SMILES string of the molecule is CC1(C)C(=O)N(c2ccc(C#N)c(C(F)(F)F)c2)C(=S)N1c1ccc(OCC2CCNCC2)c(F)c1.Cl. The lowest BCUT2D eigenvalue weighted by atomic mass is 9.99. The summed E-state index contributed by atoms with van der Waals surface area (Å²) < 4.78 is 61.1. The number of amides is 1. The van der Waals surface area contributed by atoms with Gasteiger partial charge in [-0.05, 0) is 88.2 Å². The molecule has 1 amide bonds. The first-order valence-electron chi connectivity index (χ1n) is 11.4. The lowest BCUT2D eigenvalue weighted by Gasteiger charge is -2.29. The van der Waals surface area contributed by atoms with Crippen LogP contribution >= 0.6 is 24.6 Å². The second-order valence-corrected chi connectivity index (χ2v) is 9.64. The number of piperidine rings is 1. The number of anilines is 2. The maximum absolute atomic E-state index is 15.0. The summed E-state index contributed by atoms with van der Waals surface area (Å²) in [7, 11) is 0. The number of alkyl halides is 3. The van der Waals surface area contributed by atoms with E-state index in [1.54, 1.807) is 19.9 Å². The second-order valence-electron chi connectivity index (χ2n) is 9.28. The summed E-state index contributed by atoms with van der Waals surface area (Å²) in [5, 5.41) is 12.2. The van der Waals surface area contributed by atoms with Gasteiger partial charge in [0.2, 0.25) is 0 Å². The molecule has 2 saturated heterocycles. The van der Waals surface area contributed by atoms with Gasteiger partial charge in [-0.1, -0.05) is 0 Å². The molecule has 0 saturated carbocycles. The zero-order valence-corrected chi connectivity index (χ0v) is 21.7. The molecule has 2 aromatic carbocycles. The van der Waals surface area contributed by atoms with Crippen LogP contribution in [-0.2, 0) is 11.0 Å². The third-order valence-corrected chi connectivity index (χ3v) is 6.83. The van der Waals surface area contributed by atoms with Crippen LogP contribution in [0.25, 0.3) is 0 Å². The molecule has 0 aromatic heterocycles. The third kappa shape index (κ3) is 5.51. The minimum atomic E-state index is -4.80. The Morgan fingerprint density at radius 3 is 2.41 bits per heavy atom. The molecule has 0 atom stereocenters. The first kappa shape index (κ1) is 28.6. The topological polar surface area (TPSA) is 68.6 Å². The average Bonchev–Trinajstić information content (AvgIpc) is 3.01. The Bertz CT molecular complexity index is 1240. The van der Waals surface area contributed by atoms with Crippen molar-refractivity contribution in [1.29, 1.82) is 5.26 Å². The molecule has 2 aromatic rings. The second kappa shape index (κ2) is 10.8. The van der Waals surface area contributed by atoms with Crippen LogP contribution in [0.2, 0.25) is 0 Å². The van der Waals surface area contributed by atoms with Crippen LogP contribution in [0.4, 0.5) is 28.9 Å². The minimum Gasteiger partial charge on any atom is -0.490 e. The van der Waals surface area contributed by atoms with Gasteiger partial charge in [-0.3, -0.25) is 9.69 Å². The van der Waals surface area contributed by atoms with Crippen molar-refractivity contribution in [3.63, 3.8) is 0 Å². The number of halogens is 5. The lowest BCUT2D eigenvalue weighted by Crippen LogP contribution is -2.44. The molecule has 0 unspecified atom stereocenters. The standard InChI is InChI=1S/C25H24F4N4O2S.ClH/c1-24(2)22(34)32(17-4-3-16(13-30)19(11-17)25(27,28)29)23(36)33(24)18-5-6-21(20(26)12-18)35-14-15-7-9-31-10-8-15;/h3-6,11-12,15,31H,7-10,14H2,1-2H3;1H. The molecule has 2 aliphatic heterocycles. The van der Waals surface area contributed by atoms with Crippen molar-refractivity contribution in [2.45, 2.75) is 38.4 Å². The van der Waals surface area contributed by atoms with Gasteiger partial charge in [0.1, 0.15) is 5.54 Å². The predicted octanol–water partition coefficient (Wildman–Crippen LogP) is 5.43.